The van der Waals surface area contributed by atoms with Gasteiger partial charge in [0.25, 0.3) is 5.91 Å². The van der Waals surface area contributed by atoms with Crippen molar-refractivity contribution in [2.24, 2.45) is 0 Å². The van der Waals surface area contributed by atoms with Gasteiger partial charge in [0.1, 0.15) is 6.54 Å². The zero-order valence-corrected chi connectivity index (χ0v) is 10.8. The molecule has 0 saturated carbocycles. The molecule has 0 spiro atoms. The first-order chi connectivity index (χ1) is 8.97. The van der Waals surface area contributed by atoms with Crippen molar-refractivity contribution in [3.8, 4) is 0 Å². The highest BCUT2D eigenvalue weighted by molar-refractivity contribution is 5.92. The molecule has 2 heterocycles. The highest BCUT2D eigenvalue weighted by Crippen LogP contribution is 2.14. The summed E-state index contributed by atoms with van der Waals surface area (Å²) in [6.07, 6.45) is 1.33. The van der Waals surface area contributed by atoms with Crippen LogP contribution in [0.5, 0.6) is 0 Å². The molecule has 1 aromatic rings. The summed E-state index contributed by atoms with van der Waals surface area (Å²) in [7, 11) is 0. The van der Waals surface area contributed by atoms with Crippen molar-refractivity contribution in [2.45, 2.75) is 32.5 Å². The Morgan fingerprint density at radius 1 is 1.53 bits per heavy atom. The number of hydrogen-bond acceptors (Lipinski definition) is 5. The number of amides is 1. The van der Waals surface area contributed by atoms with Gasteiger partial charge in [-0.2, -0.15) is 0 Å². The number of carbonyl (C=O) groups excluding carboxylic acids is 1. The van der Waals surface area contributed by atoms with Gasteiger partial charge in [0, 0.05) is 6.54 Å². The Kier molecular flexibility index (Phi) is 3.79. The van der Waals surface area contributed by atoms with Crippen molar-refractivity contribution >= 4 is 11.9 Å². The SMILES string of the molecule is CC1CN(C(=O)c2cn(CC(=O)O)nn2)C(C)CO1. The summed E-state index contributed by atoms with van der Waals surface area (Å²) in [5, 5.41) is 16.0. The average molecular weight is 268 g/mol. The van der Waals surface area contributed by atoms with E-state index in [0.717, 1.165) is 4.68 Å². The summed E-state index contributed by atoms with van der Waals surface area (Å²) >= 11 is 0. The quantitative estimate of drug-likeness (QED) is 0.802. The molecule has 2 unspecified atom stereocenters. The second-order valence-electron chi connectivity index (χ2n) is 4.65. The number of morpholine rings is 1. The topological polar surface area (TPSA) is 97.6 Å². The van der Waals surface area contributed by atoms with Gasteiger partial charge in [-0.15, -0.1) is 5.10 Å². The average Bonchev–Trinajstić information content (AvgIpc) is 2.79. The number of rotatable bonds is 3. The van der Waals surface area contributed by atoms with Crippen molar-refractivity contribution in [3.05, 3.63) is 11.9 Å². The van der Waals surface area contributed by atoms with Gasteiger partial charge in [-0.3, -0.25) is 9.59 Å². The van der Waals surface area contributed by atoms with Gasteiger partial charge in [0.2, 0.25) is 0 Å². The lowest BCUT2D eigenvalue weighted by Gasteiger charge is -2.36. The van der Waals surface area contributed by atoms with Crippen LogP contribution in [0, 0.1) is 0 Å². The predicted octanol–water partition coefficient (Wildman–Crippen LogP) is -0.388. The summed E-state index contributed by atoms with van der Waals surface area (Å²) < 4.78 is 6.58. The van der Waals surface area contributed by atoms with Crippen molar-refractivity contribution in [1.29, 1.82) is 0 Å². The Hall–Kier alpha value is -1.96. The third-order valence-corrected chi connectivity index (χ3v) is 2.92. The Morgan fingerprint density at radius 3 is 2.95 bits per heavy atom. The zero-order chi connectivity index (χ0) is 14.0. The second kappa shape index (κ2) is 5.35. The maximum atomic E-state index is 12.3. The minimum atomic E-state index is -1.03. The molecule has 0 radical (unpaired) electrons. The van der Waals surface area contributed by atoms with Crippen LogP contribution in [-0.2, 0) is 16.1 Å². The number of aliphatic carboxylic acids is 1. The van der Waals surface area contributed by atoms with Gasteiger partial charge in [0.15, 0.2) is 5.69 Å². The molecule has 8 heteroatoms. The van der Waals surface area contributed by atoms with E-state index in [-0.39, 0.29) is 30.3 Å². The molecule has 1 amide bonds. The number of ether oxygens (including phenoxy) is 1. The molecule has 1 N–H and O–H groups in total. The molecule has 104 valence electrons. The Bertz CT molecular complexity index is 487. The van der Waals surface area contributed by atoms with Gasteiger partial charge < -0.3 is 14.7 Å². The minimum Gasteiger partial charge on any atom is -0.480 e. The first kappa shape index (κ1) is 13.5. The monoisotopic (exact) mass is 268 g/mol. The van der Waals surface area contributed by atoms with E-state index in [1.807, 2.05) is 13.8 Å². The molecule has 2 atom stereocenters. The molecule has 2 rings (SSSR count). The summed E-state index contributed by atoms with van der Waals surface area (Å²) in [6, 6.07) is -0.0340. The van der Waals surface area contributed by atoms with E-state index in [4.69, 9.17) is 9.84 Å². The van der Waals surface area contributed by atoms with Gasteiger partial charge in [0.05, 0.1) is 24.9 Å². The number of carboxylic acid groups (broad SMARTS) is 1. The lowest BCUT2D eigenvalue weighted by molar-refractivity contribution is -0.137. The summed E-state index contributed by atoms with van der Waals surface area (Å²) in [5.74, 6) is -1.28. The van der Waals surface area contributed by atoms with Crippen LogP contribution >= 0.6 is 0 Å². The Balaban J connectivity index is 2.10. The van der Waals surface area contributed by atoms with Gasteiger partial charge >= 0.3 is 5.97 Å². The highest BCUT2D eigenvalue weighted by Gasteiger charge is 2.29. The molecular formula is C11H16N4O4. The van der Waals surface area contributed by atoms with Gasteiger partial charge in [-0.05, 0) is 13.8 Å². The number of carbonyl (C=O) groups is 2. The van der Waals surface area contributed by atoms with E-state index in [1.165, 1.54) is 6.20 Å². The molecule has 1 aliphatic rings. The first-order valence-corrected chi connectivity index (χ1v) is 6.02. The first-order valence-electron chi connectivity index (χ1n) is 6.02. The van der Waals surface area contributed by atoms with Crippen molar-refractivity contribution in [1.82, 2.24) is 19.9 Å². The molecule has 1 aromatic heterocycles. The molecule has 0 aromatic carbocycles. The summed E-state index contributed by atoms with van der Waals surface area (Å²) in [5.41, 5.74) is 0.155. The molecule has 0 aliphatic carbocycles. The summed E-state index contributed by atoms with van der Waals surface area (Å²) in [4.78, 5) is 24.5. The molecule has 8 nitrogen and oxygen atoms in total. The van der Waals surface area contributed by atoms with Crippen molar-refractivity contribution in [3.63, 3.8) is 0 Å². The standard InChI is InChI=1S/C11H16N4O4/c1-7-6-19-8(2)3-15(7)11(18)9-4-14(13-12-9)5-10(16)17/h4,7-8H,3,5-6H2,1-2H3,(H,16,17). The fraction of sp³-hybridized carbons (Fsp3) is 0.636. The Morgan fingerprint density at radius 2 is 2.26 bits per heavy atom. The van der Waals surface area contributed by atoms with E-state index in [2.05, 4.69) is 10.3 Å². The third-order valence-electron chi connectivity index (χ3n) is 2.92. The number of carboxylic acids is 1. The maximum Gasteiger partial charge on any atom is 0.325 e. The smallest absolute Gasteiger partial charge is 0.325 e. The van der Waals surface area contributed by atoms with Crippen molar-refractivity contribution in [2.75, 3.05) is 13.2 Å². The maximum absolute atomic E-state index is 12.3. The van der Waals surface area contributed by atoms with E-state index < -0.39 is 5.97 Å². The lowest BCUT2D eigenvalue weighted by atomic mass is 10.2. The Labute approximate surface area is 109 Å². The normalized spacial score (nSPS) is 23.4. The molecular weight excluding hydrogens is 252 g/mol. The molecule has 19 heavy (non-hydrogen) atoms. The van der Waals surface area contributed by atoms with Crippen LogP contribution in [0.15, 0.2) is 6.20 Å². The lowest BCUT2D eigenvalue weighted by Crippen LogP contribution is -2.50. The molecule has 1 fully saturated rings. The fourth-order valence-corrected chi connectivity index (χ4v) is 1.95. The zero-order valence-electron chi connectivity index (χ0n) is 10.8. The van der Waals surface area contributed by atoms with Gasteiger partial charge in [-0.25, -0.2) is 4.68 Å². The van der Waals surface area contributed by atoms with Crippen LogP contribution < -0.4 is 0 Å². The highest BCUT2D eigenvalue weighted by atomic mass is 16.5. The molecule has 1 aliphatic heterocycles. The van der Waals surface area contributed by atoms with E-state index >= 15 is 0 Å². The minimum absolute atomic E-state index is 0.0192. The van der Waals surface area contributed by atoms with Crippen LogP contribution in [-0.4, -0.2) is 62.2 Å². The number of hydrogen-bond donors (Lipinski definition) is 1. The summed E-state index contributed by atoms with van der Waals surface area (Å²) in [6.45, 7) is 4.45. The molecule has 1 saturated heterocycles. The van der Waals surface area contributed by atoms with Gasteiger partial charge in [-0.1, -0.05) is 5.21 Å². The van der Waals surface area contributed by atoms with E-state index in [0.29, 0.717) is 13.2 Å². The largest absolute Gasteiger partial charge is 0.480 e. The number of aromatic nitrogens is 3. The molecule has 0 bridgehead atoms. The van der Waals surface area contributed by atoms with E-state index in [1.54, 1.807) is 4.90 Å². The third kappa shape index (κ3) is 3.08. The second-order valence-corrected chi connectivity index (χ2v) is 4.65. The van der Waals surface area contributed by atoms with Crippen LogP contribution in [0.25, 0.3) is 0 Å². The number of nitrogens with zero attached hydrogens (tertiary/aromatic N) is 4. The van der Waals surface area contributed by atoms with Crippen LogP contribution in [0.3, 0.4) is 0 Å². The van der Waals surface area contributed by atoms with Crippen LogP contribution in [0.4, 0.5) is 0 Å². The fourth-order valence-electron chi connectivity index (χ4n) is 1.95. The predicted molar refractivity (Wildman–Crippen MR) is 63.6 cm³/mol. The van der Waals surface area contributed by atoms with Crippen molar-refractivity contribution < 1.29 is 19.4 Å². The van der Waals surface area contributed by atoms with Crippen LogP contribution in [0.2, 0.25) is 0 Å². The van der Waals surface area contributed by atoms with E-state index in [9.17, 15) is 9.59 Å². The van der Waals surface area contributed by atoms with Crippen LogP contribution in [0.1, 0.15) is 24.3 Å².